The average molecular weight is 249 g/mol. The van der Waals surface area contributed by atoms with Crippen LogP contribution in [0.25, 0.3) is 0 Å². The van der Waals surface area contributed by atoms with Gasteiger partial charge in [-0.1, -0.05) is 13.8 Å². The molecule has 0 radical (unpaired) electrons. The summed E-state index contributed by atoms with van der Waals surface area (Å²) >= 11 is 0. The Morgan fingerprint density at radius 1 is 1.50 bits per heavy atom. The molecule has 0 spiro atoms. The third-order valence-electron chi connectivity index (χ3n) is 4.09. The molecule has 1 aliphatic carbocycles. The minimum Gasteiger partial charge on any atom is -0.508 e. The highest BCUT2D eigenvalue weighted by molar-refractivity contribution is 5.41. The zero-order chi connectivity index (χ0) is 13.3. The number of benzene rings is 1. The van der Waals surface area contributed by atoms with E-state index in [9.17, 15) is 5.11 Å². The number of phenolic OH excluding ortho intramolecular Hbond substituents is 1. The van der Waals surface area contributed by atoms with E-state index >= 15 is 0 Å². The summed E-state index contributed by atoms with van der Waals surface area (Å²) in [6, 6.07) is 5.49. The molecule has 2 N–H and O–H groups in total. The quantitative estimate of drug-likeness (QED) is 0.842. The summed E-state index contributed by atoms with van der Waals surface area (Å²) in [5, 5.41) is 13.4. The van der Waals surface area contributed by atoms with Crippen LogP contribution < -0.4 is 10.1 Å². The van der Waals surface area contributed by atoms with E-state index in [4.69, 9.17) is 4.74 Å². The number of nitrogens with one attached hydrogen (secondary N) is 1. The molecule has 2 atom stereocenters. The van der Waals surface area contributed by atoms with Gasteiger partial charge in [0.2, 0.25) is 0 Å². The van der Waals surface area contributed by atoms with E-state index in [1.807, 2.05) is 6.07 Å². The van der Waals surface area contributed by atoms with Crippen LogP contribution in [0.3, 0.4) is 0 Å². The molecule has 3 nitrogen and oxygen atoms in total. The van der Waals surface area contributed by atoms with Gasteiger partial charge in [-0.3, -0.25) is 0 Å². The average Bonchev–Trinajstić information content (AvgIpc) is 2.95. The van der Waals surface area contributed by atoms with Crippen LogP contribution in [-0.2, 0) is 0 Å². The van der Waals surface area contributed by atoms with Gasteiger partial charge in [-0.05, 0) is 49.4 Å². The van der Waals surface area contributed by atoms with Crippen molar-refractivity contribution in [1.29, 1.82) is 0 Å². The third kappa shape index (κ3) is 2.78. The summed E-state index contributed by atoms with van der Waals surface area (Å²) in [4.78, 5) is 0. The van der Waals surface area contributed by atoms with E-state index in [2.05, 4.69) is 26.1 Å². The molecule has 1 aliphatic rings. The molecule has 18 heavy (non-hydrogen) atoms. The first kappa shape index (κ1) is 13.2. The van der Waals surface area contributed by atoms with Crippen LogP contribution in [0.4, 0.5) is 0 Å². The summed E-state index contributed by atoms with van der Waals surface area (Å²) in [5.41, 5.74) is 1.39. The molecule has 0 saturated heterocycles. The van der Waals surface area contributed by atoms with Crippen LogP contribution in [0, 0.1) is 11.3 Å². The molecule has 0 aromatic heterocycles. The Labute approximate surface area is 109 Å². The van der Waals surface area contributed by atoms with Crippen LogP contribution in [0.2, 0.25) is 0 Å². The summed E-state index contributed by atoms with van der Waals surface area (Å²) in [6.45, 7) is 7.68. The highest BCUT2D eigenvalue weighted by Crippen LogP contribution is 2.51. The molecular formula is C15H23NO2. The van der Waals surface area contributed by atoms with Gasteiger partial charge in [0.05, 0.1) is 7.11 Å². The van der Waals surface area contributed by atoms with E-state index in [1.165, 1.54) is 6.42 Å². The van der Waals surface area contributed by atoms with Crippen molar-refractivity contribution in [3.05, 3.63) is 23.8 Å². The molecule has 1 aromatic rings. The number of hydrogen-bond acceptors (Lipinski definition) is 3. The topological polar surface area (TPSA) is 41.5 Å². The molecule has 100 valence electrons. The van der Waals surface area contributed by atoms with Gasteiger partial charge in [-0.15, -0.1) is 0 Å². The van der Waals surface area contributed by atoms with E-state index in [-0.39, 0.29) is 6.04 Å². The first-order valence-corrected chi connectivity index (χ1v) is 6.54. The van der Waals surface area contributed by atoms with E-state index in [0.29, 0.717) is 11.2 Å². The highest BCUT2D eigenvalue weighted by Gasteiger charge is 2.44. The number of hydrogen-bond donors (Lipinski definition) is 2. The zero-order valence-corrected chi connectivity index (χ0v) is 11.7. The van der Waals surface area contributed by atoms with Crippen molar-refractivity contribution < 1.29 is 9.84 Å². The predicted octanol–water partition coefficient (Wildman–Crippen LogP) is 3.10. The van der Waals surface area contributed by atoms with E-state index in [1.54, 1.807) is 19.2 Å². The summed E-state index contributed by atoms with van der Waals surface area (Å²) in [6.07, 6.45) is 1.29. The number of methoxy groups -OCH3 is 1. The first-order valence-electron chi connectivity index (χ1n) is 6.54. The standard InChI is InChI=1S/C15H23NO2/c1-10(16-9-11-8-15(11,2)3)13-7-12(18-4)5-6-14(13)17/h5-7,10-11,16-17H,8-9H2,1-4H3. The predicted molar refractivity (Wildman–Crippen MR) is 73.0 cm³/mol. The van der Waals surface area contributed by atoms with Crippen molar-refractivity contribution in [2.45, 2.75) is 33.2 Å². The van der Waals surface area contributed by atoms with Gasteiger partial charge in [0.1, 0.15) is 11.5 Å². The Bertz CT molecular complexity index is 429. The van der Waals surface area contributed by atoms with Crippen LogP contribution >= 0.6 is 0 Å². The van der Waals surface area contributed by atoms with Crippen molar-refractivity contribution in [3.8, 4) is 11.5 Å². The molecule has 3 heteroatoms. The van der Waals surface area contributed by atoms with Crippen molar-refractivity contribution in [2.75, 3.05) is 13.7 Å². The molecule has 0 aliphatic heterocycles. The Hall–Kier alpha value is -1.22. The Morgan fingerprint density at radius 3 is 2.72 bits per heavy atom. The number of rotatable bonds is 5. The number of aromatic hydroxyl groups is 1. The SMILES string of the molecule is COc1ccc(O)c(C(C)NCC2CC2(C)C)c1. The van der Waals surface area contributed by atoms with Crippen LogP contribution in [0.5, 0.6) is 11.5 Å². The van der Waals surface area contributed by atoms with Gasteiger partial charge < -0.3 is 15.2 Å². The van der Waals surface area contributed by atoms with Crippen molar-refractivity contribution in [2.24, 2.45) is 11.3 Å². The van der Waals surface area contributed by atoms with E-state index in [0.717, 1.165) is 23.8 Å². The normalized spacial score (nSPS) is 22.6. The van der Waals surface area contributed by atoms with Crippen molar-refractivity contribution >= 4 is 0 Å². The Morgan fingerprint density at radius 2 is 2.17 bits per heavy atom. The Kier molecular flexibility index (Phi) is 3.53. The molecule has 0 bridgehead atoms. The Balaban J connectivity index is 1.97. The van der Waals surface area contributed by atoms with Gasteiger partial charge in [-0.2, -0.15) is 0 Å². The molecular weight excluding hydrogens is 226 g/mol. The van der Waals surface area contributed by atoms with Gasteiger partial charge in [0, 0.05) is 11.6 Å². The maximum atomic E-state index is 9.89. The lowest BCUT2D eigenvalue weighted by molar-refractivity contribution is 0.406. The summed E-state index contributed by atoms with van der Waals surface area (Å²) in [7, 11) is 1.64. The van der Waals surface area contributed by atoms with Crippen LogP contribution in [-0.4, -0.2) is 18.8 Å². The maximum Gasteiger partial charge on any atom is 0.120 e. The smallest absolute Gasteiger partial charge is 0.120 e. The zero-order valence-electron chi connectivity index (χ0n) is 11.7. The molecule has 2 unspecified atom stereocenters. The summed E-state index contributed by atoms with van der Waals surface area (Å²) < 4.78 is 5.19. The van der Waals surface area contributed by atoms with Gasteiger partial charge in [0.25, 0.3) is 0 Å². The fourth-order valence-corrected chi connectivity index (χ4v) is 2.36. The summed E-state index contributed by atoms with van der Waals surface area (Å²) in [5.74, 6) is 1.86. The lowest BCUT2D eigenvalue weighted by atomic mass is 10.1. The molecule has 1 saturated carbocycles. The second-order valence-corrected chi connectivity index (χ2v) is 5.94. The van der Waals surface area contributed by atoms with Crippen molar-refractivity contribution in [1.82, 2.24) is 5.32 Å². The van der Waals surface area contributed by atoms with Crippen molar-refractivity contribution in [3.63, 3.8) is 0 Å². The van der Waals surface area contributed by atoms with Gasteiger partial charge >= 0.3 is 0 Å². The van der Waals surface area contributed by atoms with Gasteiger partial charge in [0.15, 0.2) is 0 Å². The molecule has 0 heterocycles. The number of ether oxygens (including phenoxy) is 1. The van der Waals surface area contributed by atoms with Crippen LogP contribution in [0.1, 0.15) is 38.8 Å². The van der Waals surface area contributed by atoms with E-state index < -0.39 is 0 Å². The first-order chi connectivity index (χ1) is 8.44. The highest BCUT2D eigenvalue weighted by atomic mass is 16.5. The third-order valence-corrected chi connectivity index (χ3v) is 4.09. The van der Waals surface area contributed by atoms with Gasteiger partial charge in [-0.25, -0.2) is 0 Å². The second kappa shape index (κ2) is 4.81. The fraction of sp³-hybridized carbons (Fsp3) is 0.600. The lowest BCUT2D eigenvalue weighted by Gasteiger charge is -2.17. The maximum absolute atomic E-state index is 9.89. The fourth-order valence-electron chi connectivity index (χ4n) is 2.36. The minimum atomic E-state index is 0.136. The largest absolute Gasteiger partial charge is 0.508 e. The second-order valence-electron chi connectivity index (χ2n) is 5.94. The molecule has 1 fully saturated rings. The van der Waals surface area contributed by atoms with Crippen LogP contribution in [0.15, 0.2) is 18.2 Å². The molecule has 2 rings (SSSR count). The minimum absolute atomic E-state index is 0.136. The lowest BCUT2D eigenvalue weighted by Crippen LogP contribution is -2.22. The molecule has 0 amide bonds. The number of phenols is 1. The monoisotopic (exact) mass is 249 g/mol. The molecule has 1 aromatic carbocycles.